The standard InChI is InChI=1S/C20H37NO5/c1-2-3-4-5-6-7-8-9-10-11-12-13-14-18(22)21-17(20(25)26)15-16-19(23)24/h17H,2-16H2,1H3,(H,21,22)(H,23,24)(H,25,26)/t17-/m0/s1. The third kappa shape index (κ3) is 15.9. The molecule has 0 aromatic carbocycles. The van der Waals surface area contributed by atoms with Gasteiger partial charge in [0.15, 0.2) is 0 Å². The lowest BCUT2D eigenvalue weighted by Gasteiger charge is -2.13. The quantitative estimate of drug-likeness (QED) is 0.307. The minimum absolute atomic E-state index is 0.0884. The first-order valence-corrected chi connectivity index (χ1v) is 10.2. The fourth-order valence-electron chi connectivity index (χ4n) is 2.92. The molecule has 26 heavy (non-hydrogen) atoms. The van der Waals surface area contributed by atoms with Crippen LogP contribution in [0.4, 0.5) is 0 Å². The van der Waals surface area contributed by atoms with E-state index in [0.29, 0.717) is 6.42 Å². The van der Waals surface area contributed by atoms with Gasteiger partial charge in [-0.3, -0.25) is 9.59 Å². The lowest BCUT2D eigenvalue weighted by atomic mass is 10.0. The zero-order chi connectivity index (χ0) is 19.6. The Balaban J connectivity index is 3.55. The summed E-state index contributed by atoms with van der Waals surface area (Å²) in [5.74, 6) is -2.56. The van der Waals surface area contributed by atoms with Crippen LogP contribution in [0.2, 0.25) is 0 Å². The highest BCUT2D eigenvalue weighted by Crippen LogP contribution is 2.12. The molecule has 0 saturated heterocycles. The molecule has 0 heterocycles. The summed E-state index contributed by atoms with van der Waals surface area (Å²) < 4.78 is 0. The minimum atomic E-state index is -1.19. The van der Waals surface area contributed by atoms with E-state index in [1.807, 2.05) is 0 Å². The van der Waals surface area contributed by atoms with Crippen molar-refractivity contribution in [1.82, 2.24) is 5.32 Å². The van der Waals surface area contributed by atoms with Crippen molar-refractivity contribution in [3.8, 4) is 0 Å². The van der Waals surface area contributed by atoms with Gasteiger partial charge in [-0.15, -0.1) is 0 Å². The van der Waals surface area contributed by atoms with E-state index in [-0.39, 0.29) is 18.7 Å². The maximum absolute atomic E-state index is 11.8. The van der Waals surface area contributed by atoms with E-state index in [1.54, 1.807) is 0 Å². The lowest BCUT2D eigenvalue weighted by Crippen LogP contribution is -2.41. The first-order valence-electron chi connectivity index (χ1n) is 10.2. The molecule has 0 unspecified atom stereocenters. The predicted octanol–water partition coefficient (Wildman–Crippen LogP) is 4.51. The predicted molar refractivity (Wildman–Crippen MR) is 102 cm³/mol. The second-order valence-corrected chi connectivity index (χ2v) is 7.03. The maximum Gasteiger partial charge on any atom is 0.326 e. The van der Waals surface area contributed by atoms with Gasteiger partial charge in [-0.1, -0.05) is 77.6 Å². The molecule has 0 aromatic rings. The summed E-state index contributed by atoms with van der Waals surface area (Å²) in [7, 11) is 0. The number of unbranched alkanes of at least 4 members (excludes halogenated alkanes) is 11. The molecule has 0 aliphatic carbocycles. The average molecular weight is 372 g/mol. The third-order valence-electron chi connectivity index (χ3n) is 4.54. The normalized spacial score (nSPS) is 11.9. The number of carboxylic acids is 2. The molecule has 0 spiro atoms. The number of nitrogens with one attached hydrogen (secondary N) is 1. The topological polar surface area (TPSA) is 104 Å². The van der Waals surface area contributed by atoms with Crippen LogP contribution in [-0.4, -0.2) is 34.1 Å². The summed E-state index contributed by atoms with van der Waals surface area (Å²) in [6.45, 7) is 2.23. The Morgan fingerprint density at radius 2 is 1.19 bits per heavy atom. The highest BCUT2D eigenvalue weighted by molar-refractivity contribution is 5.83. The van der Waals surface area contributed by atoms with Crippen LogP contribution >= 0.6 is 0 Å². The Bertz CT molecular complexity index is 398. The molecule has 6 nitrogen and oxygen atoms in total. The molecule has 0 aromatic heterocycles. The molecular formula is C20H37NO5. The van der Waals surface area contributed by atoms with Crippen LogP contribution in [0, 0.1) is 0 Å². The van der Waals surface area contributed by atoms with Crippen LogP contribution in [0.5, 0.6) is 0 Å². The first-order chi connectivity index (χ1) is 12.5. The van der Waals surface area contributed by atoms with E-state index in [0.717, 1.165) is 19.3 Å². The van der Waals surface area contributed by atoms with Gasteiger partial charge in [0.2, 0.25) is 5.91 Å². The molecule has 152 valence electrons. The number of aliphatic carboxylic acids is 2. The van der Waals surface area contributed by atoms with Crippen LogP contribution in [-0.2, 0) is 14.4 Å². The van der Waals surface area contributed by atoms with Crippen LogP contribution < -0.4 is 5.32 Å². The van der Waals surface area contributed by atoms with Crippen molar-refractivity contribution in [2.45, 2.75) is 109 Å². The summed E-state index contributed by atoms with van der Waals surface area (Å²) in [6, 6.07) is -1.11. The molecule has 0 saturated carbocycles. The van der Waals surface area contributed by atoms with E-state index in [9.17, 15) is 14.4 Å². The molecule has 0 radical (unpaired) electrons. The van der Waals surface area contributed by atoms with E-state index >= 15 is 0 Å². The van der Waals surface area contributed by atoms with E-state index in [2.05, 4.69) is 12.2 Å². The minimum Gasteiger partial charge on any atom is -0.481 e. The van der Waals surface area contributed by atoms with Crippen LogP contribution in [0.15, 0.2) is 0 Å². The van der Waals surface area contributed by atoms with Crippen LogP contribution in [0.25, 0.3) is 0 Å². The fraction of sp³-hybridized carbons (Fsp3) is 0.850. The number of carboxylic acid groups (broad SMARTS) is 2. The van der Waals surface area contributed by atoms with Gasteiger partial charge in [0.1, 0.15) is 6.04 Å². The lowest BCUT2D eigenvalue weighted by molar-refractivity contribution is -0.143. The van der Waals surface area contributed by atoms with Gasteiger partial charge in [0.25, 0.3) is 0 Å². The molecule has 1 amide bonds. The Morgan fingerprint density at radius 1 is 0.731 bits per heavy atom. The van der Waals surface area contributed by atoms with Gasteiger partial charge in [0, 0.05) is 12.8 Å². The molecule has 0 aliphatic rings. The van der Waals surface area contributed by atoms with Gasteiger partial charge >= 0.3 is 11.9 Å². The van der Waals surface area contributed by atoms with Crippen molar-refractivity contribution in [3.63, 3.8) is 0 Å². The Morgan fingerprint density at radius 3 is 1.62 bits per heavy atom. The summed E-state index contributed by atoms with van der Waals surface area (Å²) in [4.78, 5) is 33.3. The average Bonchev–Trinajstić information content (AvgIpc) is 2.59. The molecule has 0 aliphatic heterocycles. The number of hydrogen-bond donors (Lipinski definition) is 3. The summed E-state index contributed by atoms with van der Waals surface area (Å²) in [5.41, 5.74) is 0. The van der Waals surface area contributed by atoms with Crippen LogP contribution in [0.1, 0.15) is 103 Å². The Kier molecular flexibility index (Phi) is 15.8. The molecule has 1 atom stereocenters. The SMILES string of the molecule is CCCCCCCCCCCCCCC(=O)N[C@@H](CCC(=O)O)C(=O)O. The molecule has 0 bridgehead atoms. The second-order valence-electron chi connectivity index (χ2n) is 7.03. The van der Waals surface area contributed by atoms with Crippen molar-refractivity contribution in [2.24, 2.45) is 0 Å². The van der Waals surface area contributed by atoms with Crippen LogP contribution in [0.3, 0.4) is 0 Å². The number of hydrogen-bond acceptors (Lipinski definition) is 3. The van der Waals surface area contributed by atoms with Crippen molar-refractivity contribution in [3.05, 3.63) is 0 Å². The maximum atomic E-state index is 11.8. The van der Waals surface area contributed by atoms with Crippen molar-refractivity contribution in [1.29, 1.82) is 0 Å². The highest BCUT2D eigenvalue weighted by Gasteiger charge is 2.20. The molecular weight excluding hydrogens is 334 g/mol. The van der Waals surface area contributed by atoms with E-state index < -0.39 is 18.0 Å². The van der Waals surface area contributed by atoms with Gasteiger partial charge in [-0.05, 0) is 12.8 Å². The number of carbonyl (C=O) groups excluding carboxylic acids is 1. The largest absolute Gasteiger partial charge is 0.481 e. The molecule has 0 rings (SSSR count). The monoisotopic (exact) mass is 371 g/mol. The van der Waals surface area contributed by atoms with Gasteiger partial charge < -0.3 is 15.5 Å². The number of carbonyl (C=O) groups is 3. The Labute approximate surface area is 157 Å². The Hall–Kier alpha value is -1.59. The molecule has 3 N–H and O–H groups in total. The zero-order valence-corrected chi connectivity index (χ0v) is 16.3. The first kappa shape index (κ1) is 24.4. The van der Waals surface area contributed by atoms with Crippen molar-refractivity contribution in [2.75, 3.05) is 0 Å². The summed E-state index contributed by atoms with van der Waals surface area (Å²) in [5, 5.41) is 20.0. The van der Waals surface area contributed by atoms with E-state index in [1.165, 1.54) is 57.8 Å². The summed E-state index contributed by atoms with van der Waals surface area (Å²) >= 11 is 0. The fourth-order valence-corrected chi connectivity index (χ4v) is 2.92. The smallest absolute Gasteiger partial charge is 0.326 e. The highest BCUT2D eigenvalue weighted by atomic mass is 16.4. The van der Waals surface area contributed by atoms with Gasteiger partial charge in [-0.25, -0.2) is 4.79 Å². The zero-order valence-electron chi connectivity index (χ0n) is 16.3. The van der Waals surface area contributed by atoms with Gasteiger partial charge in [-0.2, -0.15) is 0 Å². The van der Waals surface area contributed by atoms with Gasteiger partial charge in [0.05, 0.1) is 0 Å². The third-order valence-corrected chi connectivity index (χ3v) is 4.54. The number of rotatable bonds is 18. The van der Waals surface area contributed by atoms with Crippen molar-refractivity contribution < 1.29 is 24.6 Å². The second kappa shape index (κ2) is 16.9. The van der Waals surface area contributed by atoms with Crippen molar-refractivity contribution >= 4 is 17.8 Å². The molecule has 6 heteroatoms. The molecule has 0 fully saturated rings. The number of amides is 1. The summed E-state index contributed by atoms with van der Waals surface area (Å²) in [6.07, 6.45) is 14.5. The van der Waals surface area contributed by atoms with E-state index in [4.69, 9.17) is 10.2 Å².